The van der Waals surface area contributed by atoms with Crippen LogP contribution in [0.2, 0.25) is 0 Å². The third-order valence-electron chi connectivity index (χ3n) is 4.08. The third kappa shape index (κ3) is 2.94. The summed E-state index contributed by atoms with van der Waals surface area (Å²) in [5, 5.41) is 10.5. The van der Waals surface area contributed by atoms with Crippen LogP contribution in [0.4, 0.5) is 18.9 Å². The lowest BCUT2D eigenvalue weighted by Crippen LogP contribution is -2.61. The molecule has 126 valence electrons. The Balaban J connectivity index is 1.75. The van der Waals surface area contributed by atoms with E-state index in [0.717, 1.165) is 12.1 Å². The Hall–Kier alpha value is -2.54. The van der Waals surface area contributed by atoms with Gasteiger partial charge in [-0.15, -0.1) is 0 Å². The first-order chi connectivity index (χ1) is 11.2. The molecule has 1 heterocycles. The normalized spacial score (nSPS) is 16.6. The van der Waals surface area contributed by atoms with Crippen LogP contribution in [0, 0.1) is 0 Å². The van der Waals surface area contributed by atoms with Gasteiger partial charge in [-0.3, -0.25) is 4.79 Å². The Labute approximate surface area is 136 Å². The Morgan fingerprint density at radius 3 is 2.33 bits per heavy atom. The van der Waals surface area contributed by atoms with Crippen LogP contribution >= 0.6 is 0 Å². The number of nitrogens with two attached hydrogens (primary N) is 1. The van der Waals surface area contributed by atoms with Crippen LogP contribution in [0.25, 0.3) is 0 Å². The predicted molar refractivity (Wildman–Crippen MR) is 82.1 cm³/mol. The van der Waals surface area contributed by atoms with Gasteiger partial charge in [0, 0.05) is 11.3 Å². The molecule has 4 nitrogen and oxygen atoms in total. The molecule has 0 aliphatic carbocycles. The van der Waals surface area contributed by atoms with Crippen molar-refractivity contribution >= 4 is 11.6 Å². The van der Waals surface area contributed by atoms with Crippen molar-refractivity contribution in [1.29, 1.82) is 0 Å². The predicted octanol–water partition coefficient (Wildman–Crippen LogP) is 2.63. The van der Waals surface area contributed by atoms with Crippen molar-refractivity contribution in [2.75, 3.05) is 18.8 Å². The summed E-state index contributed by atoms with van der Waals surface area (Å²) in [6, 6.07) is 10.9. The Morgan fingerprint density at radius 1 is 1.12 bits per heavy atom. The molecule has 2 aromatic rings. The number of hydrogen-bond donors (Lipinski definition) is 2. The van der Waals surface area contributed by atoms with Gasteiger partial charge in [0.1, 0.15) is 5.60 Å². The van der Waals surface area contributed by atoms with E-state index in [0.29, 0.717) is 11.3 Å². The first-order valence-electron chi connectivity index (χ1n) is 7.24. The molecule has 1 fully saturated rings. The average molecular weight is 336 g/mol. The highest BCUT2D eigenvalue weighted by Crippen LogP contribution is 2.36. The monoisotopic (exact) mass is 336 g/mol. The van der Waals surface area contributed by atoms with E-state index in [1.807, 2.05) is 0 Å². The lowest BCUT2D eigenvalue weighted by Gasteiger charge is -2.46. The molecule has 1 aliphatic heterocycles. The maximum Gasteiger partial charge on any atom is 0.416 e. The SMILES string of the molecule is Nc1ccc(C(=O)N2CC(O)(c3cccc(C(F)(F)F)c3)C2)cc1. The largest absolute Gasteiger partial charge is 0.416 e. The number of hydrogen-bond acceptors (Lipinski definition) is 3. The number of benzene rings is 2. The number of alkyl halides is 3. The third-order valence-corrected chi connectivity index (χ3v) is 4.08. The highest BCUT2D eigenvalue weighted by Gasteiger charge is 2.46. The number of aliphatic hydroxyl groups is 1. The molecule has 0 saturated carbocycles. The van der Waals surface area contributed by atoms with Crippen molar-refractivity contribution in [3.8, 4) is 0 Å². The second kappa shape index (κ2) is 5.52. The molecule has 0 spiro atoms. The van der Waals surface area contributed by atoms with Gasteiger partial charge in [0.05, 0.1) is 18.7 Å². The van der Waals surface area contributed by atoms with Crippen LogP contribution in [0.5, 0.6) is 0 Å². The molecule has 0 atom stereocenters. The number of carbonyl (C=O) groups is 1. The molecular weight excluding hydrogens is 321 g/mol. The zero-order chi connectivity index (χ0) is 17.5. The summed E-state index contributed by atoms with van der Waals surface area (Å²) in [4.78, 5) is 13.7. The average Bonchev–Trinajstić information content (AvgIpc) is 2.51. The minimum Gasteiger partial charge on any atom is -0.399 e. The van der Waals surface area contributed by atoms with Crippen LogP contribution in [0.1, 0.15) is 21.5 Å². The number of β-amino-alcohol motifs (C(OH)–C–C–N with tert-alkyl or cyclic N) is 1. The van der Waals surface area contributed by atoms with Crippen LogP contribution in [0.15, 0.2) is 48.5 Å². The fraction of sp³-hybridized carbons (Fsp3) is 0.235. The zero-order valence-corrected chi connectivity index (χ0v) is 12.5. The summed E-state index contributed by atoms with van der Waals surface area (Å²) < 4.78 is 38.3. The number of likely N-dealkylation sites (tertiary alicyclic amines) is 1. The minimum atomic E-state index is -4.48. The van der Waals surface area contributed by atoms with Gasteiger partial charge < -0.3 is 15.7 Å². The Kier molecular flexibility index (Phi) is 3.76. The molecule has 24 heavy (non-hydrogen) atoms. The Bertz CT molecular complexity index is 766. The summed E-state index contributed by atoms with van der Waals surface area (Å²) in [6.07, 6.45) is -4.48. The molecular formula is C17H15F3N2O2. The second-order valence-electron chi connectivity index (χ2n) is 5.89. The molecule has 0 unspecified atom stereocenters. The van der Waals surface area contributed by atoms with Crippen molar-refractivity contribution in [2.45, 2.75) is 11.8 Å². The molecule has 1 saturated heterocycles. The van der Waals surface area contributed by atoms with Gasteiger partial charge >= 0.3 is 6.18 Å². The lowest BCUT2D eigenvalue weighted by atomic mass is 9.85. The number of halogens is 3. The summed E-state index contributed by atoms with van der Waals surface area (Å²) in [5.41, 5.74) is 4.36. The molecule has 3 rings (SSSR count). The number of rotatable bonds is 2. The molecule has 2 aromatic carbocycles. The number of amides is 1. The van der Waals surface area contributed by atoms with E-state index in [4.69, 9.17) is 5.73 Å². The van der Waals surface area contributed by atoms with Crippen molar-refractivity contribution in [1.82, 2.24) is 4.90 Å². The van der Waals surface area contributed by atoms with Crippen molar-refractivity contribution in [3.63, 3.8) is 0 Å². The van der Waals surface area contributed by atoms with Gasteiger partial charge in [0.2, 0.25) is 0 Å². The summed E-state index contributed by atoms with van der Waals surface area (Å²) in [5.74, 6) is -0.299. The van der Waals surface area contributed by atoms with Gasteiger partial charge in [-0.25, -0.2) is 0 Å². The first-order valence-corrected chi connectivity index (χ1v) is 7.24. The van der Waals surface area contributed by atoms with Gasteiger partial charge in [-0.2, -0.15) is 13.2 Å². The minimum absolute atomic E-state index is 0.0580. The van der Waals surface area contributed by atoms with Crippen LogP contribution in [-0.2, 0) is 11.8 Å². The molecule has 0 aromatic heterocycles. The van der Waals surface area contributed by atoms with Crippen molar-refractivity contribution in [2.24, 2.45) is 0 Å². The number of nitrogens with zero attached hydrogens (tertiary/aromatic N) is 1. The molecule has 1 aliphatic rings. The molecule has 0 bridgehead atoms. The summed E-state index contributed by atoms with van der Waals surface area (Å²) in [7, 11) is 0. The quantitative estimate of drug-likeness (QED) is 0.829. The topological polar surface area (TPSA) is 66.6 Å². The fourth-order valence-electron chi connectivity index (χ4n) is 2.70. The smallest absolute Gasteiger partial charge is 0.399 e. The van der Waals surface area contributed by atoms with E-state index in [1.54, 1.807) is 24.3 Å². The maximum atomic E-state index is 12.8. The van der Waals surface area contributed by atoms with E-state index in [-0.39, 0.29) is 24.6 Å². The van der Waals surface area contributed by atoms with E-state index < -0.39 is 17.3 Å². The second-order valence-corrected chi connectivity index (χ2v) is 5.89. The lowest BCUT2D eigenvalue weighted by molar-refractivity contribution is -0.138. The van der Waals surface area contributed by atoms with Gasteiger partial charge in [-0.1, -0.05) is 12.1 Å². The summed E-state index contributed by atoms with van der Waals surface area (Å²) in [6.45, 7) is -0.116. The fourth-order valence-corrected chi connectivity index (χ4v) is 2.70. The maximum absolute atomic E-state index is 12.8. The molecule has 3 N–H and O–H groups in total. The van der Waals surface area contributed by atoms with Gasteiger partial charge in [-0.05, 0) is 42.0 Å². The van der Waals surface area contributed by atoms with E-state index >= 15 is 0 Å². The van der Waals surface area contributed by atoms with Crippen LogP contribution < -0.4 is 5.73 Å². The van der Waals surface area contributed by atoms with Gasteiger partial charge in [0.15, 0.2) is 0 Å². The number of carbonyl (C=O) groups excluding carboxylic acids is 1. The van der Waals surface area contributed by atoms with Crippen LogP contribution in [-0.4, -0.2) is 29.0 Å². The highest BCUT2D eigenvalue weighted by molar-refractivity contribution is 5.95. The van der Waals surface area contributed by atoms with Crippen LogP contribution in [0.3, 0.4) is 0 Å². The number of nitrogen functional groups attached to an aromatic ring is 1. The summed E-state index contributed by atoms with van der Waals surface area (Å²) >= 11 is 0. The molecule has 1 amide bonds. The molecule has 0 radical (unpaired) electrons. The Morgan fingerprint density at radius 2 is 1.75 bits per heavy atom. The van der Waals surface area contributed by atoms with Gasteiger partial charge in [0.25, 0.3) is 5.91 Å². The standard InChI is InChI=1S/C17H15F3N2O2/c18-17(19,20)13-3-1-2-12(8-13)16(24)9-22(10-16)15(23)11-4-6-14(21)7-5-11/h1-8,24H,9-10,21H2. The number of anilines is 1. The van der Waals surface area contributed by atoms with E-state index in [1.165, 1.54) is 17.0 Å². The zero-order valence-electron chi connectivity index (χ0n) is 12.5. The van der Waals surface area contributed by atoms with E-state index in [2.05, 4.69) is 0 Å². The van der Waals surface area contributed by atoms with E-state index in [9.17, 15) is 23.1 Å². The first kappa shape index (κ1) is 16.3. The molecule has 7 heteroatoms. The van der Waals surface area contributed by atoms with Crippen molar-refractivity contribution in [3.05, 3.63) is 65.2 Å². The highest BCUT2D eigenvalue weighted by atomic mass is 19.4. The van der Waals surface area contributed by atoms with Crippen molar-refractivity contribution < 1.29 is 23.1 Å².